The third-order valence-corrected chi connectivity index (χ3v) is 5.97. The molecule has 190 valence electrons. The molecule has 0 aliphatic carbocycles. The van der Waals surface area contributed by atoms with Crippen molar-refractivity contribution in [3.63, 3.8) is 0 Å². The lowest BCUT2D eigenvalue weighted by atomic mass is 10.1. The fourth-order valence-electron chi connectivity index (χ4n) is 3.12. The number of nitrogens with one attached hydrogen (secondary N) is 1. The maximum absolute atomic E-state index is 12.2. The van der Waals surface area contributed by atoms with E-state index < -0.39 is 17.4 Å². The molecule has 0 radical (unpaired) electrons. The average Bonchev–Trinajstić information content (AvgIpc) is 2.89. The standard InChI is InChI=1S/C25H22BrN5O6/c1-16-24(26)22(14-35-2)21(11-27)25(29-16)37-15-23(32)30-28-12-18-4-3-5-20(10-18)36-13-17-6-8-19(9-7-17)31(33)34/h3-10,12H,13-15H2,1-2H3,(H,30,32)/b28-12+. The zero-order valence-electron chi connectivity index (χ0n) is 19.9. The van der Waals surface area contributed by atoms with Crippen molar-refractivity contribution in [1.29, 1.82) is 5.26 Å². The summed E-state index contributed by atoms with van der Waals surface area (Å²) in [6.45, 7) is 1.75. The van der Waals surface area contributed by atoms with E-state index in [0.29, 0.717) is 27.0 Å². The lowest BCUT2D eigenvalue weighted by molar-refractivity contribution is -0.384. The van der Waals surface area contributed by atoms with Gasteiger partial charge in [-0.25, -0.2) is 10.4 Å². The van der Waals surface area contributed by atoms with Crippen LogP contribution in [0.15, 0.2) is 58.1 Å². The summed E-state index contributed by atoms with van der Waals surface area (Å²) in [5.41, 5.74) is 5.18. The van der Waals surface area contributed by atoms with Crippen LogP contribution in [-0.2, 0) is 22.7 Å². The number of benzene rings is 2. The maximum atomic E-state index is 12.2. The molecule has 0 aliphatic heterocycles. The monoisotopic (exact) mass is 567 g/mol. The zero-order valence-corrected chi connectivity index (χ0v) is 21.5. The van der Waals surface area contributed by atoms with E-state index in [1.54, 1.807) is 43.3 Å². The summed E-state index contributed by atoms with van der Waals surface area (Å²) >= 11 is 3.40. The summed E-state index contributed by atoms with van der Waals surface area (Å²) in [6, 6.07) is 15.2. The normalized spacial score (nSPS) is 10.6. The van der Waals surface area contributed by atoms with Gasteiger partial charge in [0.1, 0.15) is 24.0 Å². The Kier molecular flexibility index (Phi) is 9.65. The van der Waals surface area contributed by atoms with Crippen LogP contribution in [0.3, 0.4) is 0 Å². The SMILES string of the molecule is COCc1c(Br)c(C)nc(OCC(=O)N/N=C/c2cccc(OCc3ccc([N+](=O)[O-])cc3)c2)c1C#N. The third kappa shape index (κ3) is 7.57. The minimum atomic E-state index is -0.540. The van der Waals surface area contributed by atoms with E-state index in [4.69, 9.17) is 14.2 Å². The Morgan fingerprint density at radius 2 is 2.00 bits per heavy atom. The Morgan fingerprint density at radius 1 is 1.24 bits per heavy atom. The summed E-state index contributed by atoms with van der Waals surface area (Å²) in [7, 11) is 1.51. The van der Waals surface area contributed by atoms with Gasteiger partial charge in [-0.05, 0) is 58.2 Å². The predicted octanol–water partition coefficient (Wildman–Crippen LogP) is 4.19. The number of nitro benzene ring substituents is 1. The van der Waals surface area contributed by atoms with Crippen molar-refractivity contribution >= 4 is 33.7 Å². The molecular formula is C25H22BrN5O6. The van der Waals surface area contributed by atoms with E-state index in [1.165, 1.54) is 25.5 Å². The first-order valence-corrected chi connectivity index (χ1v) is 11.6. The van der Waals surface area contributed by atoms with Gasteiger partial charge in [-0.1, -0.05) is 12.1 Å². The second-order valence-electron chi connectivity index (χ2n) is 7.58. The molecule has 0 atom stereocenters. The van der Waals surface area contributed by atoms with Crippen LogP contribution in [0.5, 0.6) is 11.6 Å². The highest BCUT2D eigenvalue weighted by Crippen LogP contribution is 2.30. The van der Waals surface area contributed by atoms with Gasteiger partial charge in [0.05, 0.1) is 23.4 Å². The van der Waals surface area contributed by atoms with E-state index in [0.717, 1.165) is 5.56 Å². The van der Waals surface area contributed by atoms with Crippen LogP contribution in [0.1, 0.15) is 27.9 Å². The number of nitro groups is 1. The molecular weight excluding hydrogens is 546 g/mol. The van der Waals surface area contributed by atoms with Gasteiger partial charge >= 0.3 is 0 Å². The minimum absolute atomic E-state index is 0.0129. The van der Waals surface area contributed by atoms with E-state index >= 15 is 0 Å². The number of carbonyl (C=O) groups is 1. The Labute approximate surface area is 221 Å². The summed E-state index contributed by atoms with van der Waals surface area (Å²) in [4.78, 5) is 26.7. The largest absolute Gasteiger partial charge is 0.489 e. The van der Waals surface area contributed by atoms with Gasteiger partial charge in [0.2, 0.25) is 5.88 Å². The smallest absolute Gasteiger partial charge is 0.278 e. The molecule has 3 aromatic rings. The Morgan fingerprint density at radius 3 is 2.68 bits per heavy atom. The van der Waals surface area contributed by atoms with Crippen LogP contribution < -0.4 is 14.9 Å². The van der Waals surface area contributed by atoms with Crippen molar-refractivity contribution in [2.45, 2.75) is 20.1 Å². The number of carbonyl (C=O) groups excluding carboxylic acids is 1. The molecule has 1 aromatic heterocycles. The number of nitrogens with zero attached hydrogens (tertiary/aromatic N) is 4. The number of hydrogen-bond donors (Lipinski definition) is 1. The first-order chi connectivity index (χ1) is 17.8. The number of halogens is 1. The van der Waals surface area contributed by atoms with Crippen molar-refractivity contribution in [1.82, 2.24) is 10.4 Å². The van der Waals surface area contributed by atoms with Crippen LogP contribution in [0.2, 0.25) is 0 Å². The highest BCUT2D eigenvalue weighted by molar-refractivity contribution is 9.10. The topological polar surface area (TPSA) is 149 Å². The average molecular weight is 568 g/mol. The number of pyridine rings is 1. The number of aryl methyl sites for hydroxylation is 1. The highest BCUT2D eigenvalue weighted by Gasteiger charge is 2.18. The number of methoxy groups -OCH3 is 1. The van der Waals surface area contributed by atoms with Gasteiger partial charge in [0.15, 0.2) is 6.61 Å². The van der Waals surface area contributed by atoms with Gasteiger partial charge in [-0.15, -0.1) is 0 Å². The summed E-state index contributed by atoms with van der Waals surface area (Å²) in [5.74, 6) is 0.0539. The van der Waals surface area contributed by atoms with Gasteiger partial charge in [0, 0.05) is 29.3 Å². The Balaban J connectivity index is 1.54. The van der Waals surface area contributed by atoms with Crippen LogP contribution in [0, 0.1) is 28.4 Å². The molecule has 0 unspecified atom stereocenters. The molecule has 1 N–H and O–H groups in total. The number of hydrogen-bond acceptors (Lipinski definition) is 9. The van der Waals surface area contributed by atoms with Crippen LogP contribution >= 0.6 is 15.9 Å². The molecule has 0 saturated carbocycles. The van der Waals surface area contributed by atoms with Crippen LogP contribution in [-0.4, -0.2) is 35.7 Å². The van der Waals surface area contributed by atoms with Crippen molar-refractivity contribution in [2.24, 2.45) is 5.10 Å². The summed E-state index contributed by atoms with van der Waals surface area (Å²) in [6.07, 6.45) is 1.44. The molecule has 0 aliphatic rings. The van der Waals surface area contributed by atoms with Gasteiger partial charge < -0.3 is 14.2 Å². The quantitative estimate of drug-likeness (QED) is 0.206. The molecule has 0 fully saturated rings. The highest BCUT2D eigenvalue weighted by atomic mass is 79.9. The Hall–Kier alpha value is -4.34. The van der Waals surface area contributed by atoms with Crippen LogP contribution in [0.4, 0.5) is 5.69 Å². The summed E-state index contributed by atoms with van der Waals surface area (Å²) in [5, 5.41) is 24.2. The first-order valence-electron chi connectivity index (χ1n) is 10.8. The van der Waals surface area contributed by atoms with Gasteiger partial charge in [-0.3, -0.25) is 14.9 Å². The number of hydrazone groups is 1. The van der Waals surface area contributed by atoms with Crippen molar-refractivity contribution in [2.75, 3.05) is 13.7 Å². The number of amides is 1. The lowest BCUT2D eigenvalue weighted by Crippen LogP contribution is -2.25. The second-order valence-corrected chi connectivity index (χ2v) is 8.37. The molecule has 37 heavy (non-hydrogen) atoms. The predicted molar refractivity (Wildman–Crippen MR) is 137 cm³/mol. The van der Waals surface area contributed by atoms with Crippen LogP contribution in [0.25, 0.3) is 0 Å². The van der Waals surface area contributed by atoms with Crippen molar-refractivity contribution in [3.8, 4) is 17.7 Å². The van der Waals surface area contributed by atoms with Crippen molar-refractivity contribution < 1.29 is 23.9 Å². The second kappa shape index (κ2) is 13.1. The van der Waals surface area contributed by atoms with E-state index in [2.05, 4.69) is 31.4 Å². The molecule has 3 rings (SSSR count). The van der Waals surface area contributed by atoms with Gasteiger partial charge in [0.25, 0.3) is 11.6 Å². The molecule has 1 amide bonds. The van der Waals surface area contributed by atoms with E-state index in [9.17, 15) is 20.2 Å². The molecule has 2 aromatic carbocycles. The van der Waals surface area contributed by atoms with Crippen molar-refractivity contribution in [3.05, 3.63) is 91.1 Å². The molecule has 12 heteroatoms. The number of nitriles is 1. The molecule has 0 saturated heterocycles. The molecule has 0 bridgehead atoms. The minimum Gasteiger partial charge on any atom is -0.489 e. The molecule has 11 nitrogen and oxygen atoms in total. The number of rotatable bonds is 11. The Bertz CT molecular complexity index is 1350. The number of ether oxygens (including phenoxy) is 3. The lowest BCUT2D eigenvalue weighted by Gasteiger charge is -2.13. The van der Waals surface area contributed by atoms with E-state index in [-0.39, 0.29) is 30.3 Å². The summed E-state index contributed by atoms with van der Waals surface area (Å²) < 4.78 is 17.0. The fourth-order valence-corrected chi connectivity index (χ4v) is 3.53. The number of non-ortho nitro benzene ring substituents is 1. The number of aromatic nitrogens is 1. The zero-order chi connectivity index (χ0) is 26.8. The van der Waals surface area contributed by atoms with E-state index in [1.807, 2.05) is 6.07 Å². The third-order valence-electron chi connectivity index (χ3n) is 4.92. The maximum Gasteiger partial charge on any atom is 0.278 e. The first kappa shape index (κ1) is 27.3. The fraction of sp³-hybridized carbons (Fsp3) is 0.200. The molecule has 0 spiro atoms. The van der Waals surface area contributed by atoms with Gasteiger partial charge in [-0.2, -0.15) is 10.4 Å². The molecule has 1 heterocycles.